The van der Waals surface area contributed by atoms with Crippen LogP contribution in [0, 0.1) is 0 Å². The summed E-state index contributed by atoms with van der Waals surface area (Å²) in [4.78, 5) is 24.2. The second-order valence-corrected chi connectivity index (χ2v) is 4.17. The van der Waals surface area contributed by atoms with Crippen LogP contribution in [0.25, 0.3) is 0 Å². The van der Waals surface area contributed by atoms with Crippen LogP contribution in [-0.2, 0) is 9.59 Å². The van der Waals surface area contributed by atoms with Crippen LogP contribution in [0.4, 0.5) is 0 Å². The van der Waals surface area contributed by atoms with Crippen LogP contribution >= 0.6 is 0 Å². The van der Waals surface area contributed by atoms with Crippen molar-refractivity contribution in [2.45, 2.75) is 20.8 Å². The molecule has 0 atom stereocenters. The van der Waals surface area contributed by atoms with Gasteiger partial charge >= 0.3 is 0 Å². The third kappa shape index (κ3) is 6.92. The van der Waals surface area contributed by atoms with Crippen molar-refractivity contribution in [3.63, 3.8) is 0 Å². The van der Waals surface area contributed by atoms with Gasteiger partial charge in [0.1, 0.15) is 5.76 Å². The SMILES string of the molecule is C=C(O)/C=C/C(=O)C(/C=C\C)=C(/C=C(\C)O)C(=O)/C=C/C. The van der Waals surface area contributed by atoms with Crippen molar-refractivity contribution in [2.24, 2.45) is 0 Å². The molecular weight excluding hydrogens is 268 g/mol. The molecule has 0 amide bonds. The smallest absolute Gasteiger partial charge is 0.186 e. The second-order valence-electron chi connectivity index (χ2n) is 4.17. The van der Waals surface area contributed by atoms with Crippen molar-refractivity contribution < 1.29 is 19.8 Å². The van der Waals surface area contributed by atoms with Crippen LogP contribution in [0.2, 0.25) is 0 Å². The summed E-state index contributed by atoms with van der Waals surface area (Å²) < 4.78 is 0. The second kappa shape index (κ2) is 9.31. The molecule has 0 aromatic heterocycles. The normalized spacial score (nSPS) is 14.0. The number of hydrogen-bond acceptors (Lipinski definition) is 4. The molecule has 4 nitrogen and oxygen atoms in total. The molecule has 0 bridgehead atoms. The molecular formula is C17H20O4. The number of carbonyl (C=O) groups excluding carboxylic acids is 2. The average molecular weight is 288 g/mol. The summed E-state index contributed by atoms with van der Waals surface area (Å²) in [5, 5.41) is 18.4. The van der Waals surface area contributed by atoms with Crippen LogP contribution in [-0.4, -0.2) is 21.8 Å². The minimum absolute atomic E-state index is 0.0735. The van der Waals surface area contributed by atoms with Gasteiger partial charge in [0.25, 0.3) is 0 Å². The van der Waals surface area contributed by atoms with Gasteiger partial charge in [-0.2, -0.15) is 0 Å². The summed E-state index contributed by atoms with van der Waals surface area (Å²) in [5.41, 5.74) is 0.191. The van der Waals surface area contributed by atoms with Crippen molar-refractivity contribution in [1.82, 2.24) is 0 Å². The van der Waals surface area contributed by atoms with E-state index in [9.17, 15) is 14.7 Å². The number of carbonyl (C=O) groups is 2. The number of hydrogen-bond donors (Lipinski definition) is 2. The summed E-state index contributed by atoms with van der Waals surface area (Å²) in [5.74, 6) is -1.23. The molecule has 0 fully saturated rings. The lowest BCUT2D eigenvalue weighted by molar-refractivity contribution is -0.113. The Morgan fingerprint density at radius 3 is 1.81 bits per heavy atom. The van der Waals surface area contributed by atoms with Gasteiger partial charge in [-0.1, -0.05) is 24.8 Å². The summed E-state index contributed by atoms with van der Waals surface area (Å²) in [7, 11) is 0. The first kappa shape index (κ1) is 18.4. The van der Waals surface area contributed by atoms with Crippen molar-refractivity contribution in [3.05, 3.63) is 71.8 Å². The van der Waals surface area contributed by atoms with E-state index in [1.165, 1.54) is 25.2 Å². The molecule has 0 spiro atoms. The van der Waals surface area contributed by atoms with Crippen molar-refractivity contribution >= 4 is 11.6 Å². The first-order valence-corrected chi connectivity index (χ1v) is 6.35. The van der Waals surface area contributed by atoms with Gasteiger partial charge in [0.2, 0.25) is 0 Å². The topological polar surface area (TPSA) is 74.6 Å². The van der Waals surface area contributed by atoms with Gasteiger partial charge in [-0.15, -0.1) is 0 Å². The molecule has 112 valence electrons. The molecule has 0 saturated carbocycles. The van der Waals surface area contributed by atoms with Gasteiger partial charge in [-0.3, -0.25) is 9.59 Å². The molecule has 4 heteroatoms. The maximum Gasteiger partial charge on any atom is 0.186 e. The minimum Gasteiger partial charge on any atom is -0.513 e. The molecule has 0 aliphatic carbocycles. The highest BCUT2D eigenvalue weighted by Gasteiger charge is 2.14. The Balaban J connectivity index is 6.08. The number of rotatable bonds is 7. The van der Waals surface area contributed by atoms with Crippen LogP contribution < -0.4 is 0 Å². The molecule has 2 N–H and O–H groups in total. The van der Waals surface area contributed by atoms with Crippen LogP contribution in [0.3, 0.4) is 0 Å². The first-order chi connectivity index (χ1) is 9.83. The number of allylic oxidation sites excluding steroid dienone is 10. The van der Waals surface area contributed by atoms with Gasteiger partial charge in [-0.25, -0.2) is 0 Å². The summed E-state index contributed by atoms with van der Waals surface area (Å²) in [6, 6.07) is 0. The highest BCUT2D eigenvalue weighted by molar-refractivity contribution is 6.16. The van der Waals surface area contributed by atoms with E-state index < -0.39 is 11.6 Å². The predicted molar refractivity (Wildman–Crippen MR) is 84.0 cm³/mol. The zero-order valence-corrected chi connectivity index (χ0v) is 12.5. The van der Waals surface area contributed by atoms with E-state index in [0.717, 1.165) is 12.2 Å². The third-order valence-corrected chi connectivity index (χ3v) is 2.25. The monoisotopic (exact) mass is 288 g/mol. The average Bonchev–Trinajstić information content (AvgIpc) is 2.39. The summed E-state index contributed by atoms with van der Waals surface area (Å²) in [6.07, 6.45) is 9.42. The minimum atomic E-state index is -0.478. The highest BCUT2D eigenvalue weighted by Crippen LogP contribution is 2.15. The zero-order valence-electron chi connectivity index (χ0n) is 12.5. The maximum atomic E-state index is 12.1. The Hall–Kier alpha value is -2.62. The van der Waals surface area contributed by atoms with E-state index in [4.69, 9.17) is 5.11 Å². The molecule has 0 aliphatic heterocycles. The van der Waals surface area contributed by atoms with Gasteiger partial charge in [0, 0.05) is 11.1 Å². The number of aliphatic hydroxyl groups excluding tert-OH is 2. The summed E-state index contributed by atoms with van der Waals surface area (Å²) >= 11 is 0. The summed E-state index contributed by atoms with van der Waals surface area (Å²) in [6.45, 7) is 8.03. The highest BCUT2D eigenvalue weighted by atomic mass is 16.3. The lowest BCUT2D eigenvalue weighted by atomic mass is 9.98. The van der Waals surface area contributed by atoms with Gasteiger partial charge in [0.15, 0.2) is 11.6 Å². The van der Waals surface area contributed by atoms with E-state index in [1.54, 1.807) is 26.0 Å². The number of aliphatic hydroxyl groups is 2. The fraction of sp³-hybridized carbons (Fsp3) is 0.176. The third-order valence-electron chi connectivity index (χ3n) is 2.25. The first-order valence-electron chi connectivity index (χ1n) is 6.35. The molecule has 21 heavy (non-hydrogen) atoms. The molecule has 0 rings (SSSR count). The molecule has 0 radical (unpaired) electrons. The van der Waals surface area contributed by atoms with E-state index in [2.05, 4.69) is 6.58 Å². The molecule has 0 aromatic carbocycles. The molecule has 0 saturated heterocycles. The number of ketones is 2. The van der Waals surface area contributed by atoms with Crippen molar-refractivity contribution in [3.8, 4) is 0 Å². The Labute approximate surface area is 124 Å². The van der Waals surface area contributed by atoms with Gasteiger partial charge < -0.3 is 10.2 Å². The molecule has 0 heterocycles. The Bertz CT molecular complexity index is 566. The molecule has 0 aliphatic rings. The van der Waals surface area contributed by atoms with E-state index in [-0.39, 0.29) is 22.7 Å². The molecule has 0 unspecified atom stereocenters. The fourth-order valence-electron chi connectivity index (χ4n) is 1.46. The van der Waals surface area contributed by atoms with Crippen LogP contribution in [0.15, 0.2) is 71.8 Å². The van der Waals surface area contributed by atoms with Crippen LogP contribution in [0.1, 0.15) is 20.8 Å². The van der Waals surface area contributed by atoms with E-state index in [1.807, 2.05) is 0 Å². The van der Waals surface area contributed by atoms with E-state index in [0.29, 0.717) is 0 Å². The van der Waals surface area contributed by atoms with Crippen molar-refractivity contribution in [2.75, 3.05) is 0 Å². The van der Waals surface area contributed by atoms with E-state index >= 15 is 0 Å². The Morgan fingerprint density at radius 1 is 0.857 bits per heavy atom. The zero-order chi connectivity index (χ0) is 16.4. The Kier molecular flexibility index (Phi) is 8.15. The van der Waals surface area contributed by atoms with Crippen LogP contribution in [0.5, 0.6) is 0 Å². The maximum absolute atomic E-state index is 12.1. The standard InChI is InChI=1S/C17H20O4/c1-5-7-14(17(21)10-9-12(3)18)15(11-13(4)19)16(20)8-6-2/h5-11,18-19H,3H2,1-2,4H3/b7-5-,8-6+,10-9+,13-11+,15-14-. The van der Waals surface area contributed by atoms with Crippen molar-refractivity contribution in [1.29, 1.82) is 0 Å². The van der Waals surface area contributed by atoms with Gasteiger partial charge in [0.05, 0.1) is 5.76 Å². The lowest BCUT2D eigenvalue weighted by Gasteiger charge is -2.05. The van der Waals surface area contributed by atoms with Gasteiger partial charge in [-0.05, 0) is 45.1 Å². The lowest BCUT2D eigenvalue weighted by Crippen LogP contribution is -2.07. The largest absolute Gasteiger partial charge is 0.513 e. The predicted octanol–water partition coefficient (Wildman–Crippen LogP) is 3.66. The quantitative estimate of drug-likeness (QED) is 0.426. The Morgan fingerprint density at radius 2 is 1.38 bits per heavy atom. The fourth-order valence-corrected chi connectivity index (χ4v) is 1.46. The molecule has 0 aromatic rings.